The van der Waals surface area contributed by atoms with Crippen LogP contribution in [0.3, 0.4) is 0 Å². The molecule has 2 aliphatic heterocycles. The van der Waals surface area contributed by atoms with Gasteiger partial charge in [-0.2, -0.15) is 0 Å². The van der Waals surface area contributed by atoms with E-state index in [0.29, 0.717) is 23.5 Å². The maximum absolute atomic E-state index is 13.4. The Morgan fingerprint density at radius 1 is 1.00 bits per heavy atom. The summed E-state index contributed by atoms with van der Waals surface area (Å²) < 4.78 is 28.1. The van der Waals surface area contributed by atoms with Crippen molar-refractivity contribution in [2.45, 2.75) is 44.3 Å². The van der Waals surface area contributed by atoms with Crippen LogP contribution in [0.15, 0.2) is 84.1 Å². The number of aryl methyl sites for hydroxylation is 1. The average molecular weight is 553 g/mol. The van der Waals surface area contributed by atoms with Gasteiger partial charge in [0.25, 0.3) is 0 Å². The Balaban J connectivity index is 1.25. The van der Waals surface area contributed by atoms with Crippen molar-refractivity contribution in [3.8, 4) is 22.3 Å². The number of nitrogens with two attached hydrogens (primary N) is 1. The van der Waals surface area contributed by atoms with E-state index in [9.17, 15) is 18.4 Å². The smallest absolute Gasteiger partial charge is 0.200 e. The van der Waals surface area contributed by atoms with E-state index in [1.165, 1.54) is 53.2 Å². The van der Waals surface area contributed by atoms with E-state index in [1.54, 1.807) is 0 Å². The highest BCUT2D eigenvalue weighted by molar-refractivity contribution is 5.98. The van der Waals surface area contributed by atoms with Gasteiger partial charge in [-0.1, -0.05) is 42.5 Å². The van der Waals surface area contributed by atoms with Crippen molar-refractivity contribution in [3.05, 3.63) is 112 Å². The molecule has 6 rings (SSSR count). The molecule has 4 aromatic rings. The molecule has 6 nitrogen and oxygen atoms in total. The lowest BCUT2D eigenvalue weighted by molar-refractivity contribution is 0.0991. The monoisotopic (exact) mass is 552 g/mol. The van der Waals surface area contributed by atoms with Crippen LogP contribution < -0.4 is 16.5 Å². The van der Waals surface area contributed by atoms with Crippen LogP contribution in [0, 0.1) is 5.82 Å². The van der Waals surface area contributed by atoms with Gasteiger partial charge in [0.2, 0.25) is 0 Å². The van der Waals surface area contributed by atoms with Gasteiger partial charge in [-0.3, -0.25) is 9.59 Å². The molecule has 2 aliphatic rings. The number of hydrogen-bond donors (Lipinski definition) is 2. The van der Waals surface area contributed by atoms with E-state index in [-0.39, 0.29) is 29.9 Å². The number of rotatable bonds is 8. The van der Waals surface area contributed by atoms with Gasteiger partial charge in [-0.15, -0.1) is 0 Å². The highest BCUT2D eigenvalue weighted by Crippen LogP contribution is 2.34. The molecule has 2 unspecified atom stereocenters. The number of anilines is 1. The number of nitrogen functional groups attached to an aromatic ring is 1. The molecular formula is C33H30F2N4O2. The predicted molar refractivity (Wildman–Crippen MR) is 157 cm³/mol. The molecule has 0 radical (unpaired) electrons. The quantitative estimate of drug-likeness (QED) is 0.278. The second-order valence-corrected chi connectivity index (χ2v) is 10.7. The number of ketones is 1. The topological polar surface area (TPSA) is 90.0 Å². The standard InChI is InChI=1S/C33H30F2N4O2/c34-11-12-39-18-29(22-5-7-25(35)8-6-22)32(41)30(19-39)31(40)13-20-1-3-21(4-2-20)28-16-24(17-37-33(28)36)23-14-26-9-10-27(15-23)38-26/h1-8,14,16-19,26-27,38H,9-13,15H2,(H2,36,37). The van der Waals surface area contributed by atoms with Gasteiger partial charge in [0.15, 0.2) is 11.2 Å². The van der Waals surface area contributed by atoms with Crippen LogP contribution in [-0.4, -0.2) is 34.1 Å². The molecule has 2 bridgehead atoms. The number of alkyl halides is 1. The molecule has 2 atom stereocenters. The number of hydrogen-bond acceptors (Lipinski definition) is 5. The first-order valence-electron chi connectivity index (χ1n) is 13.8. The van der Waals surface area contributed by atoms with E-state index in [1.807, 2.05) is 30.5 Å². The van der Waals surface area contributed by atoms with Gasteiger partial charge in [-0.25, -0.2) is 13.8 Å². The van der Waals surface area contributed by atoms with Gasteiger partial charge in [0, 0.05) is 48.2 Å². The first kappa shape index (κ1) is 26.8. The number of pyridine rings is 2. The molecule has 0 spiro atoms. The fourth-order valence-corrected chi connectivity index (χ4v) is 5.79. The van der Waals surface area contributed by atoms with Gasteiger partial charge in [-0.05, 0) is 65.3 Å². The van der Waals surface area contributed by atoms with Gasteiger partial charge in [0.1, 0.15) is 18.3 Å². The lowest BCUT2D eigenvalue weighted by Crippen LogP contribution is -2.31. The zero-order valence-electron chi connectivity index (χ0n) is 22.4. The normalized spacial score (nSPS) is 17.9. The number of Topliss-reactive ketones (excluding diaryl/α,β-unsaturated/α-hetero) is 1. The Morgan fingerprint density at radius 2 is 1.73 bits per heavy atom. The molecule has 8 heteroatoms. The van der Waals surface area contributed by atoms with Crippen LogP contribution >= 0.6 is 0 Å². The highest BCUT2D eigenvalue weighted by Gasteiger charge is 2.28. The Labute approximate surface area is 236 Å². The summed E-state index contributed by atoms with van der Waals surface area (Å²) in [6.07, 6.45) is 10.3. The molecule has 1 saturated heterocycles. The fourth-order valence-electron chi connectivity index (χ4n) is 5.79. The zero-order chi connectivity index (χ0) is 28.5. The first-order chi connectivity index (χ1) is 19.9. The molecular weight excluding hydrogens is 522 g/mol. The molecule has 1 fully saturated rings. The molecule has 4 heterocycles. The third-order valence-electron chi connectivity index (χ3n) is 7.94. The maximum Gasteiger partial charge on any atom is 0.200 e. The summed E-state index contributed by atoms with van der Waals surface area (Å²) in [5.41, 5.74) is 11.2. The number of carbonyl (C=O) groups excluding carboxylic acids is 1. The summed E-state index contributed by atoms with van der Waals surface area (Å²) in [7, 11) is 0. The van der Waals surface area contributed by atoms with Crippen molar-refractivity contribution in [1.29, 1.82) is 0 Å². The largest absolute Gasteiger partial charge is 0.383 e. The molecule has 0 amide bonds. The molecule has 3 N–H and O–H groups in total. The Morgan fingerprint density at radius 3 is 2.46 bits per heavy atom. The minimum atomic E-state index is -0.657. The van der Waals surface area contributed by atoms with Crippen molar-refractivity contribution >= 4 is 17.2 Å². The third-order valence-corrected chi connectivity index (χ3v) is 7.94. The molecule has 2 aromatic heterocycles. The number of nitrogens with zero attached hydrogens (tertiary/aromatic N) is 2. The third kappa shape index (κ3) is 5.60. The molecule has 208 valence electrons. The van der Waals surface area contributed by atoms with Crippen molar-refractivity contribution in [1.82, 2.24) is 14.9 Å². The van der Waals surface area contributed by atoms with Crippen LogP contribution in [0.5, 0.6) is 0 Å². The SMILES string of the molecule is Nc1ncc(C2=CC3CCC(C2)N3)cc1-c1ccc(CC(=O)c2cn(CCF)cc(-c3ccc(F)cc3)c2=O)cc1. The van der Waals surface area contributed by atoms with Crippen LogP contribution in [-0.2, 0) is 13.0 Å². The van der Waals surface area contributed by atoms with Gasteiger partial charge >= 0.3 is 0 Å². The minimum Gasteiger partial charge on any atom is -0.383 e. The number of nitrogens with one attached hydrogen (secondary N) is 1. The van der Waals surface area contributed by atoms with E-state index in [0.717, 1.165) is 35.1 Å². The molecule has 0 aliphatic carbocycles. The second kappa shape index (κ2) is 11.2. The number of aromatic nitrogens is 2. The van der Waals surface area contributed by atoms with E-state index < -0.39 is 17.9 Å². The summed E-state index contributed by atoms with van der Waals surface area (Å²) in [6.45, 7) is -0.665. The number of carbonyl (C=O) groups is 1. The molecule has 2 aromatic carbocycles. The number of halogens is 2. The molecule has 41 heavy (non-hydrogen) atoms. The van der Waals surface area contributed by atoms with Crippen molar-refractivity contribution in [2.75, 3.05) is 12.4 Å². The number of benzene rings is 2. The van der Waals surface area contributed by atoms with Crippen LogP contribution in [0.4, 0.5) is 14.6 Å². The fraction of sp³-hybridized carbons (Fsp3) is 0.242. The van der Waals surface area contributed by atoms with Gasteiger partial charge < -0.3 is 15.6 Å². The van der Waals surface area contributed by atoms with Crippen molar-refractivity contribution in [2.24, 2.45) is 0 Å². The second-order valence-electron chi connectivity index (χ2n) is 10.7. The van der Waals surface area contributed by atoms with Crippen molar-refractivity contribution < 1.29 is 13.6 Å². The summed E-state index contributed by atoms with van der Waals surface area (Å²) in [6, 6.07) is 15.9. The van der Waals surface area contributed by atoms with Crippen LogP contribution in [0.1, 0.15) is 40.7 Å². The highest BCUT2D eigenvalue weighted by atomic mass is 19.1. The lowest BCUT2D eigenvalue weighted by Gasteiger charge is -2.22. The minimum absolute atomic E-state index is 0.00551. The van der Waals surface area contributed by atoms with Crippen LogP contribution in [0.2, 0.25) is 0 Å². The summed E-state index contributed by atoms with van der Waals surface area (Å²) in [5.74, 6) is -0.385. The number of fused-ring (bicyclic) bond motifs is 2. The molecule has 0 saturated carbocycles. The maximum atomic E-state index is 13.4. The summed E-state index contributed by atoms with van der Waals surface area (Å²) >= 11 is 0. The van der Waals surface area contributed by atoms with Crippen LogP contribution in [0.25, 0.3) is 27.8 Å². The van der Waals surface area contributed by atoms with E-state index in [4.69, 9.17) is 5.73 Å². The van der Waals surface area contributed by atoms with Crippen molar-refractivity contribution in [3.63, 3.8) is 0 Å². The first-order valence-corrected chi connectivity index (χ1v) is 13.8. The van der Waals surface area contributed by atoms with E-state index >= 15 is 0 Å². The lowest BCUT2D eigenvalue weighted by atomic mass is 9.94. The predicted octanol–water partition coefficient (Wildman–Crippen LogP) is 5.60. The average Bonchev–Trinajstić information content (AvgIpc) is 3.32. The zero-order valence-corrected chi connectivity index (χ0v) is 22.4. The Hall–Kier alpha value is -4.43. The Kier molecular flexibility index (Phi) is 7.32. The summed E-state index contributed by atoms with van der Waals surface area (Å²) in [4.78, 5) is 31.0. The van der Waals surface area contributed by atoms with Gasteiger partial charge in [0.05, 0.1) is 12.1 Å². The van der Waals surface area contributed by atoms with E-state index in [2.05, 4.69) is 22.4 Å². The summed E-state index contributed by atoms with van der Waals surface area (Å²) in [5, 5.41) is 3.61. The Bertz CT molecular complexity index is 1690.